The minimum Gasteiger partial charge on any atom is -0.128 e. The number of rotatable bonds is 4. The molecule has 3 heteroatoms. The molecule has 0 aromatic heterocycles. The fourth-order valence-electron chi connectivity index (χ4n) is 1.39. The zero-order valence-corrected chi connectivity index (χ0v) is 12.0. The average Bonchev–Trinajstić information content (AvgIpc) is 2.28. The van der Waals surface area contributed by atoms with Crippen molar-refractivity contribution < 1.29 is 0 Å². The third-order valence-corrected chi connectivity index (χ3v) is 4.68. The molecule has 82 valence electrons. The number of thioether (sulfide) groups is 3. The van der Waals surface area contributed by atoms with Gasteiger partial charge in [-0.1, -0.05) is 12.2 Å². The summed E-state index contributed by atoms with van der Waals surface area (Å²) in [7, 11) is 0. The molecular formula is C12H16S3. The van der Waals surface area contributed by atoms with E-state index < -0.39 is 0 Å². The molecule has 0 nitrogen and oxygen atoms in total. The highest BCUT2D eigenvalue weighted by Gasteiger charge is 2.07. The Morgan fingerprint density at radius 3 is 1.80 bits per heavy atom. The van der Waals surface area contributed by atoms with Crippen LogP contribution in [-0.2, 0) is 0 Å². The Kier molecular flexibility index (Phi) is 5.72. The van der Waals surface area contributed by atoms with Gasteiger partial charge in [0.2, 0.25) is 0 Å². The SMILES string of the molecule is CC=Cc1cc(SC)c(SC)c(SC)c1. The lowest BCUT2D eigenvalue weighted by atomic mass is 10.2. The van der Waals surface area contributed by atoms with Gasteiger partial charge >= 0.3 is 0 Å². The van der Waals surface area contributed by atoms with Gasteiger partial charge in [-0.05, 0) is 43.4 Å². The van der Waals surface area contributed by atoms with E-state index in [-0.39, 0.29) is 0 Å². The van der Waals surface area contributed by atoms with Gasteiger partial charge in [-0.2, -0.15) is 0 Å². The number of hydrogen-bond acceptors (Lipinski definition) is 3. The van der Waals surface area contributed by atoms with Crippen molar-refractivity contribution >= 4 is 41.4 Å². The van der Waals surface area contributed by atoms with E-state index in [1.165, 1.54) is 20.2 Å². The number of allylic oxidation sites excluding steroid dienone is 1. The predicted octanol–water partition coefficient (Wildman–Crippen LogP) is 4.89. The van der Waals surface area contributed by atoms with Crippen LogP contribution < -0.4 is 0 Å². The third-order valence-electron chi connectivity index (χ3n) is 2.05. The Morgan fingerprint density at radius 1 is 0.933 bits per heavy atom. The molecule has 0 saturated carbocycles. The van der Waals surface area contributed by atoms with E-state index >= 15 is 0 Å². The smallest absolute Gasteiger partial charge is 0.0342 e. The molecule has 0 aliphatic heterocycles. The van der Waals surface area contributed by atoms with E-state index in [0.717, 1.165) is 0 Å². The van der Waals surface area contributed by atoms with Crippen LogP contribution in [0.15, 0.2) is 32.9 Å². The van der Waals surface area contributed by atoms with E-state index in [1.807, 2.05) is 35.3 Å². The first-order valence-corrected chi connectivity index (χ1v) is 8.37. The summed E-state index contributed by atoms with van der Waals surface area (Å²) in [6.07, 6.45) is 10.7. The van der Waals surface area contributed by atoms with Gasteiger partial charge < -0.3 is 0 Å². The maximum Gasteiger partial charge on any atom is 0.0342 e. The quantitative estimate of drug-likeness (QED) is 0.704. The summed E-state index contributed by atoms with van der Waals surface area (Å²) in [6.45, 7) is 2.06. The van der Waals surface area contributed by atoms with E-state index in [0.29, 0.717) is 0 Å². The summed E-state index contributed by atoms with van der Waals surface area (Å²) < 4.78 is 0. The normalized spacial score (nSPS) is 11.2. The fraction of sp³-hybridized carbons (Fsp3) is 0.333. The first-order chi connectivity index (χ1) is 7.26. The lowest BCUT2D eigenvalue weighted by Gasteiger charge is -2.11. The van der Waals surface area contributed by atoms with Crippen molar-refractivity contribution in [2.45, 2.75) is 21.6 Å². The molecule has 0 aliphatic rings. The summed E-state index contributed by atoms with van der Waals surface area (Å²) in [5, 5.41) is 0. The molecule has 0 amide bonds. The van der Waals surface area contributed by atoms with Crippen molar-refractivity contribution in [3.63, 3.8) is 0 Å². The minimum absolute atomic E-state index is 1.30. The van der Waals surface area contributed by atoms with E-state index in [2.05, 4.69) is 50.0 Å². The van der Waals surface area contributed by atoms with Crippen LogP contribution in [0.4, 0.5) is 0 Å². The molecule has 15 heavy (non-hydrogen) atoms. The molecule has 0 heterocycles. The van der Waals surface area contributed by atoms with E-state index in [9.17, 15) is 0 Å². The highest BCUT2D eigenvalue weighted by atomic mass is 32.2. The first kappa shape index (κ1) is 13.1. The molecule has 0 fully saturated rings. The van der Waals surface area contributed by atoms with Gasteiger partial charge in [0, 0.05) is 14.7 Å². The summed E-state index contributed by atoms with van der Waals surface area (Å²) in [5.41, 5.74) is 1.30. The molecule has 0 aliphatic carbocycles. The summed E-state index contributed by atoms with van der Waals surface area (Å²) in [6, 6.07) is 4.52. The van der Waals surface area contributed by atoms with Gasteiger partial charge in [0.25, 0.3) is 0 Å². The number of benzene rings is 1. The Hall–Kier alpha value is 0.01000. The molecule has 0 saturated heterocycles. The van der Waals surface area contributed by atoms with Crippen LogP contribution in [0.2, 0.25) is 0 Å². The van der Waals surface area contributed by atoms with Gasteiger partial charge in [0.05, 0.1) is 0 Å². The summed E-state index contributed by atoms with van der Waals surface area (Å²) in [5.74, 6) is 0. The van der Waals surface area contributed by atoms with Crippen LogP contribution in [0.1, 0.15) is 12.5 Å². The van der Waals surface area contributed by atoms with Crippen LogP contribution >= 0.6 is 35.3 Å². The lowest BCUT2D eigenvalue weighted by Crippen LogP contribution is -1.85. The molecule has 1 aromatic rings. The van der Waals surface area contributed by atoms with Crippen LogP contribution in [0.3, 0.4) is 0 Å². The second-order valence-electron chi connectivity index (χ2n) is 2.96. The molecule has 0 atom stereocenters. The molecule has 0 bridgehead atoms. The predicted molar refractivity (Wildman–Crippen MR) is 76.5 cm³/mol. The number of hydrogen-bond donors (Lipinski definition) is 0. The highest BCUT2D eigenvalue weighted by Crippen LogP contribution is 2.37. The largest absolute Gasteiger partial charge is 0.128 e. The molecule has 1 rings (SSSR count). The molecule has 0 spiro atoms. The van der Waals surface area contributed by atoms with E-state index in [4.69, 9.17) is 0 Å². The van der Waals surface area contributed by atoms with Crippen molar-refractivity contribution in [3.05, 3.63) is 23.8 Å². The summed E-state index contributed by atoms with van der Waals surface area (Å²) in [4.78, 5) is 4.16. The van der Waals surface area contributed by atoms with Crippen molar-refractivity contribution in [1.29, 1.82) is 0 Å². The minimum atomic E-state index is 1.30. The third kappa shape index (κ3) is 3.23. The highest BCUT2D eigenvalue weighted by molar-refractivity contribution is 8.03. The molecular weight excluding hydrogens is 240 g/mol. The van der Waals surface area contributed by atoms with Crippen LogP contribution in [0.25, 0.3) is 6.08 Å². The molecule has 0 radical (unpaired) electrons. The summed E-state index contributed by atoms with van der Waals surface area (Å²) >= 11 is 5.48. The maximum atomic E-state index is 2.26. The Morgan fingerprint density at radius 2 is 1.47 bits per heavy atom. The molecule has 0 unspecified atom stereocenters. The maximum absolute atomic E-state index is 2.26. The zero-order chi connectivity index (χ0) is 11.3. The van der Waals surface area contributed by atoms with Gasteiger partial charge in [-0.15, -0.1) is 35.3 Å². The second-order valence-corrected chi connectivity index (χ2v) is 5.47. The Bertz CT molecular complexity index is 331. The first-order valence-electron chi connectivity index (χ1n) is 4.69. The van der Waals surface area contributed by atoms with Crippen LogP contribution in [0.5, 0.6) is 0 Å². The topological polar surface area (TPSA) is 0 Å². The monoisotopic (exact) mass is 256 g/mol. The van der Waals surface area contributed by atoms with Crippen molar-refractivity contribution in [2.75, 3.05) is 18.8 Å². The Balaban J connectivity index is 3.28. The fourth-order valence-corrected chi connectivity index (χ4v) is 4.07. The molecule has 1 aromatic carbocycles. The van der Waals surface area contributed by atoms with Crippen molar-refractivity contribution in [1.82, 2.24) is 0 Å². The molecule has 0 N–H and O–H groups in total. The van der Waals surface area contributed by atoms with Crippen molar-refractivity contribution in [2.24, 2.45) is 0 Å². The van der Waals surface area contributed by atoms with E-state index in [1.54, 1.807) is 0 Å². The average molecular weight is 256 g/mol. The zero-order valence-electron chi connectivity index (χ0n) is 9.53. The Labute approximate surface area is 105 Å². The van der Waals surface area contributed by atoms with Crippen LogP contribution in [-0.4, -0.2) is 18.8 Å². The van der Waals surface area contributed by atoms with Gasteiger partial charge in [0.1, 0.15) is 0 Å². The standard InChI is InChI=1S/C12H16S3/c1-5-6-9-7-10(13-2)12(15-4)11(8-9)14-3/h5-8H,1-4H3. The van der Waals surface area contributed by atoms with Gasteiger partial charge in [-0.25, -0.2) is 0 Å². The second kappa shape index (κ2) is 6.56. The lowest BCUT2D eigenvalue weighted by molar-refractivity contribution is 1.12. The van der Waals surface area contributed by atoms with Gasteiger partial charge in [0.15, 0.2) is 0 Å². The van der Waals surface area contributed by atoms with Crippen LogP contribution in [0, 0.1) is 0 Å². The van der Waals surface area contributed by atoms with Gasteiger partial charge in [-0.3, -0.25) is 0 Å². The van der Waals surface area contributed by atoms with Crippen molar-refractivity contribution in [3.8, 4) is 0 Å².